The van der Waals surface area contributed by atoms with Crippen molar-refractivity contribution in [2.24, 2.45) is 0 Å². The minimum absolute atomic E-state index is 0.0627. The molecule has 2 aromatic rings. The van der Waals surface area contributed by atoms with E-state index in [1.54, 1.807) is 25.1 Å². The van der Waals surface area contributed by atoms with Gasteiger partial charge in [0.1, 0.15) is 0 Å². The first-order valence-electron chi connectivity index (χ1n) is 7.42. The molecule has 0 aliphatic carbocycles. The molecule has 120 valence electrons. The predicted molar refractivity (Wildman–Crippen MR) is 93.9 cm³/mol. The lowest BCUT2D eigenvalue weighted by molar-refractivity contribution is -0.116. The van der Waals surface area contributed by atoms with Gasteiger partial charge in [-0.2, -0.15) is 0 Å². The maximum Gasteiger partial charge on any atom is 0.228 e. The highest BCUT2D eigenvalue weighted by atomic mass is 35.5. The number of amides is 2. The summed E-state index contributed by atoms with van der Waals surface area (Å²) in [5.74, 6) is -0.179. The molecule has 0 fully saturated rings. The minimum Gasteiger partial charge on any atom is -0.326 e. The van der Waals surface area contributed by atoms with Crippen LogP contribution in [0, 0.1) is 6.92 Å². The van der Waals surface area contributed by atoms with Crippen LogP contribution in [0.15, 0.2) is 42.5 Å². The topological polar surface area (TPSA) is 58.2 Å². The Morgan fingerprint density at radius 1 is 1.00 bits per heavy atom. The summed E-state index contributed by atoms with van der Waals surface area (Å²) in [6, 6.07) is 12.6. The average Bonchev–Trinajstić information content (AvgIpc) is 2.52. The zero-order chi connectivity index (χ0) is 16.8. The van der Waals surface area contributed by atoms with Crippen molar-refractivity contribution in [1.29, 1.82) is 0 Å². The summed E-state index contributed by atoms with van der Waals surface area (Å²) in [6.07, 6.45) is 0.675. The summed E-state index contributed by atoms with van der Waals surface area (Å²) in [5, 5.41) is 6.31. The third-order valence-corrected chi connectivity index (χ3v) is 3.65. The van der Waals surface area contributed by atoms with Gasteiger partial charge in [0.15, 0.2) is 0 Å². The van der Waals surface area contributed by atoms with Gasteiger partial charge in [0.05, 0.1) is 6.42 Å². The zero-order valence-corrected chi connectivity index (χ0v) is 13.9. The summed E-state index contributed by atoms with van der Waals surface area (Å²) >= 11 is 5.83. The molecule has 0 aromatic heterocycles. The molecule has 0 aliphatic heterocycles. The third-order valence-electron chi connectivity index (χ3n) is 3.39. The first-order chi connectivity index (χ1) is 11.0. The predicted octanol–water partition coefficient (Wildman–Crippen LogP) is 4.18. The van der Waals surface area contributed by atoms with E-state index in [-0.39, 0.29) is 18.2 Å². The number of aryl methyl sites for hydroxylation is 1. The van der Waals surface area contributed by atoms with Gasteiger partial charge in [-0.25, -0.2) is 0 Å². The summed E-state index contributed by atoms with van der Waals surface area (Å²) in [5.41, 5.74) is 3.19. The molecule has 2 aromatic carbocycles. The summed E-state index contributed by atoms with van der Waals surface area (Å²) in [4.78, 5) is 23.6. The molecule has 5 heteroatoms. The Morgan fingerprint density at radius 2 is 1.70 bits per heavy atom. The Kier molecular flexibility index (Phi) is 5.77. The molecule has 2 N–H and O–H groups in total. The lowest BCUT2D eigenvalue weighted by Crippen LogP contribution is -2.16. The second-order valence-corrected chi connectivity index (χ2v) is 5.72. The lowest BCUT2D eigenvalue weighted by Gasteiger charge is -2.11. The highest BCUT2D eigenvalue weighted by molar-refractivity contribution is 6.30. The number of benzene rings is 2. The van der Waals surface area contributed by atoms with Crippen LogP contribution in [0.3, 0.4) is 0 Å². The SMILES string of the molecule is CCC(=O)Nc1ccc(C)c(NC(=O)Cc2ccc(Cl)cc2)c1. The summed E-state index contributed by atoms with van der Waals surface area (Å²) < 4.78 is 0. The fraction of sp³-hybridized carbons (Fsp3) is 0.222. The van der Waals surface area contributed by atoms with Crippen LogP contribution in [-0.2, 0) is 16.0 Å². The Balaban J connectivity index is 2.06. The van der Waals surface area contributed by atoms with Crippen molar-refractivity contribution in [2.45, 2.75) is 26.7 Å². The van der Waals surface area contributed by atoms with E-state index in [4.69, 9.17) is 11.6 Å². The van der Waals surface area contributed by atoms with Gasteiger partial charge >= 0.3 is 0 Å². The largest absolute Gasteiger partial charge is 0.326 e. The number of carbonyl (C=O) groups excluding carboxylic acids is 2. The van der Waals surface area contributed by atoms with Crippen molar-refractivity contribution in [1.82, 2.24) is 0 Å². The van der Waals surface area contributed by atoms with Gasteiger partial charge in [0, 0.05) is 22.8 Å². The maximum absolute atomic E-state index is 12.2. The third kappa shape index (κ3) is 5.11. The summed E-state index contributed by atoms with van der Waals surface area (Å²) in [6.45, 7) is 3.70. The fourth-order valence-electron chi connectivity index (χ4n) is 2.07. The number of rotatable bonds is 5. The first-order valence-corrected chi connectivity index (χ1v) is 7.80. The standard InChI is InChI=1S/C18H19ClN2O2/c1-3-17(22)20-15-9-4-12(2)16(11-15)21-18(23)10-13-5-7-14(19)8-6-13/h4-9,11H,3,10H2,1-2H3,(H,20,22)(H,21,23). The van der Waals surface area contributed by atoms with E-state index in [0.717, 1.165) is 11.1 Å². The van der Waals surface area contributed by atoms with Crippen LogP contribution >= 0.6 is 11.6 Å². The van der Waals surface area contributed by atoms with Crippen LogP contribution in [0.25, 0.3) is 0 Å². The van der Waals surface area contributed by atoms with Gasteiger partial charge < -0.3 is 10.6 Å². The maximum atomic E-state index is 12.2. The molecule has 2 amide bonds. The zero-order valence-electron chi connectivity index (χ0n) is 13.2. The molecule has 4 nitrogen and oxygen atoms in total. The average molecular weight is 331 g/mol. The molecular weight excluding hydrogens is 312 g/mol. The van der Waals surface area contributed by atoms with E-state index < -0.39 is 0 Å². The van der Waals surface area contributed by atoms with Crippen LogP contribution in [0.4, 0.5) is 11.4 Å². The Morgan fingerprint density at radius 3 is 2.35 bits per heavy atom. The molecule has 0 saturated carbocycles. The van der Waals surface area contributed by atoms with Gasteiger partial charge in [-0.05, 0) is 42.3 Å². The number of anilines is 2. The molecule has 2 rings (SSSR count). The van der Waals surface area contributed by atoms with E-state index in [2.05, 4.69) is 10.6 Å². The van der Waals surface area contributed by atoms with Crippen LogP contribution in [-0.4, -0.2) is 11.8 Å². The van der Waals surface area contributed by atoms with Gasteiger partial charge in [-0.1, -0.05) is 36.7 Å². The number of halogens is 1. The van der Waals surface area contributed by atoms with Crippen LogP contribution in [0.2, 0.25) is 5.02 Å². The highest BCUT2D eigenvalue weighted by Crippen LogP contribution is 2.21. The molecule has 0 unspecified atom stereocenters. The number of hydrogen-bond donors (Lipinski definition) is 2. The molecule has 0 heterocycles. The Bertz CT molecular complexity index is 711. The van der Waals surface area contributed by atoms with E-state index in [1.165, 1.54) is 0 Å². The highest BCUT2D eigenvalue weighted by Gasteiger charge is 2.08. The van der Waals surface area contributed by atoms with Crippen LogP contribution < -0.4 is 10.6 Å². The molecule has 0 saturated heterocycles. The first kappa shape index (κ1) is 17.0. The van der Waals surface area contributed by atoms with Gasteiger partial charge in [0.2, 0.25) is 11.8 Å². The monoisotopic (exact) mass is 330 g/mol. The fourth-order valence-corrected chi connectivity index (χ4v) is 2.19. The van der Waals surface area contributed by atoms with Gasteiger partial charge in [-0.3, -0.25) is 9.59 Å². The van der Waals surface area contributed by atoms with Crippen molar-refractivity contribution in [3.8, 4) is 0 Å². The molecule has 0 aliphatic rings. The number of nitrogens with one attached hydrogen (secondary N) is 2. The van der Waals surface area contributed by atoms with E-state index >= 15 is 0 Å². The normalized spacial score (nSPS) is 10.2. The van der Waals surface area contributed by atoms with Crippen molar-refractivity contribution >= 4 is 34.8 Å². The Hall–Kier alpha value is -2.33. The lowest BCUT2D eigenvalue weighted by atomic mass is 10.1. The molecule has 23 heavy (non-hydrogen) atoms. The van der Waals surface area contributed by atoms with Crippen molar-refractivity contribution in [2.75, 3.05) is 10.6 Å². The molecule has 0 atom stereocenters. The van der Waals surface area contributed by atoms with Crippen molar-refractivity contribution < 1.29 is 9.59 Å². The van der Waals surface area contributed by atoms with E-state index in [9.17, 15) is 9.59 Å². The van der Waals surface area contributed by atoms with Gasteiger partial charge in [-0.15, -0.1) is 0 Å². The smallest absolute Gasteiger partial charge is 0.228 e. The molecule has 0 spiro atoms. The van der Waals surface area contributed by atoms with Crippen molar-refractivity contribution in [3.05, 3.63) is 58.6 Å². The molecular formula is C18H19ClN2O2. The van der Waals surface area contributed by atoms with Crippen LogP contribution in [0.5, 0.6) is 0 Å². The second-order valence-electron chi connectivity index (χ2n) is 5.28. The Labute approximate surface area is 140 Å². The number of carbonyl (C=O) groups is 2. The quantitative estimate of drug-likeness (QED) is 0.864. The van der Waals surface area contributed by atoms with E-state index in [0.29, 0.717) is 22.8 Å². The van der Waals surface area contributed by atoms with Gasteiger partial charge in [0.25, 0.3) is 0 Å². The summed E-state index contributed by atoms with van der Waals surface area (Å²) in [7, 11) is 0. The van der Waals surface area contributed by atoms with Crippen LogP contribution in [0.1, 0.15) is 24.5 Å². The molecule has 0 radical (unpaired) electrons. The number of hydrogen-bond acceptors (Lipinski definition) is 2. The van der Waals surface area contributed by atoms with Crippen molar-refractivity contribution in [3.63, 3.8) is 0 Å². The minimum atomic E-state index is -0.116. The second kappa shape index (κ2) is 7.79. The molecule has 0 bridgehead atoms. The van der Waals surface area contributed by atoms with E-state index in [1.807, 2.05) is 31.2 Å².